The number of carbonyl (C=O) groups excluding carboxylic acids is 1. The van der Waals surface area contributed by atoms with Gasteiger partial charge in [0.2, 0.25) is 0 Å². The normalized spacial score (nSPS) is 13.2. The largest absolute Gasteiger partial charge is 0.289 e. The molecule has 0 bridgehead atoms. The zero-order valence-electron chi connectivity index (χ0n) is 8.99. The van der Waals surface area contributed by atoms with Crippen molar-refractivity contribution in [2.45, 2.75) is 12.8 Å². The maximum absolute atomic E-state index is 11.7. The van der Waals surface area contributed by atoms with Crippen molar-refractivity contribution in [1.29, 1.82) is 0 Å². The number of ketones is 1. The van der Waals surface area contributed by atoms with Gasteiger partial charge in [-0.1, -0.05) is 30.6 Å². The number of allylic oxidation sites excluding steroid dienone is 1. The van der Waals surface area contributed by atoms with Gasteiger partial charge in [-0.15, -0.1) is 5.73 Å². The predicted octanol–water partition coefficient (Wildman–Crippen LogP) is 2.97. The van der Waals surface area contributed by atoms with Gasteiger partial charge in [0, 0.05) is 23.1 Å². The molecule has 0 spiro atoms. The van der Waals surface area contributed by atoms with Crippen LogP contribution in [0, 0.1) is 17.8 Å². The second-order valence-corrected chi connectivity index (χ2v) is 3.80. The summed E-state index contributed by atoms with van der Waals surface area (Å²) in [6.07, 6.45) is 3.73. The number of hydrogen-bond donors (Lipinski definition) is 0. The van der Waals surface area contributed by atoms with Crippen molar-refractivity contribution in [2.24, 2.45) is 5.92 Å². The Balaban J connectivity index is 2.33. The van der Waals surface area contributed by atoms with Crippen LogP contribution < -0.4 is 0 Å². The average Bonchev–Trinajstić information content (AvgIpc) is 3.11. The van der Waals surface area contributed by atoms with Gasteiger partial charge < -0.3 is 0 Å². The third kappa shape index (κ3) is 2.51. The lowest BCUT2D eigenvalue weighted by Gasteiger charge is -1.98. The van der Waals surface area contributed by atoms with Gasteiger partial charge in [-0.2, -0.15) is 0 Å². The highest BCUT2D eigenvalue weighted by molar-refractivity contribution is 6.06. The number of carbonyl (C=O) groups is 1. The summed E-state index contributed by atoms with van der Waals surface area (Å²) < 4.78 is 0. The van der Waals surface area contributed by atoms with Crippen molar-refractivity contribution in [2.75, 3.05) is 0 Å². The van der Waals surface area contributed by atoms with Crippen molar-refractivity contribution < 1.29 is 4.79 Å². The molecule has 0 atom stereocenters. The zero-order chi connectivity index (χ0) is 11.4. The smallest absolute Gasteiger partial charge is 0.194 e. The van der Waals surface area contributed by atoms with Gasteiger partial charge in [0.15, 0.2) is 5.78 Å². The molecule has 0 amide bonds. The maximum atomic E-state index is 11.7. The first kappa shape index (κ1) is 10.5. The third-order valence-corrected chi connectivity index (χ3v) is 2.41. The van der Waals surface area contributed by atoms with E-state index >= 15 is 0 Å². The molecule has 0 aromatic heterocycles. The molecule has 1 aromatic rings. The van der Waals surface area contributed by atoms with Crippen molar-refractivity contribution in [3.05, 3.63) is 53.8 Å². The van der Waals surface area contributed by atoms with Crippen molar-refractivity contribution >= 4 is 5.78 Å². The molecule has 1 aromatic carbocycles. The fourth-order valence-corrected chi connectivity index (χ4v) is 1.38. The summed E-state index contributed by atoms with van der Waals surface area (Å²) in [4.78, 5) is 11.7. The van der Waals surface area contributed by atoms with Crippen molar-refractivity contribution in [3.8, 4) is 11.8 Å². The molecule has 0 unspecified atom stereocenters. The van der Waals surface area contributed by atoms with E-state index in [9.17, 15) is 4.79 Å². The number of benzene rings is 1. The van der Waals surface area contributed by atoms with E-state index < -0.39 is 0 Å². The summed E-state index contributed by atoms with van der Waals surface area (Å²) in [6.45, 7) is 3.40. The van der Waals surface area contributed by atoms with Gasteiger partial charge in [0.05, 0.1) is 0 Å². The van der Waals surface area contributed by atoms with E-state index in [0.717, 1.165) is 5.56 Å². The fraction of sp³-hybridized carbons (Fsp3) is 0.200. The Morgan fingerprint density at radius 2 is 2.12 bits per heavy atom. The summed E-state index contributed by atoms with van der Waals surface area (Å²) >= 11 is 0. The molecule has 0 saturated heterocycles. The molecule has 1 saturated carbocycles. The van der Waals surface area contributed by atoms with Crippen LogP contribution >= 0.6 is 0 Å². The summed E-state index contributed by atoms with van der Waals surface area (Å²) in [6, 6.07) is 7.39. The van der Waals surface area contributed by atoms with E-state index in [0.29, 0.717) is 11.5 Å². The highest BCUT2D eigenvalue weighted by atomic mass is 16.1. The molecule has 0 radical (unpaired) electrons. The van der Waals surface area contributed by atoms with Crippen LogP contribution in [0.25, 0.3) is 0 Å². The molecule has 0 heterocycles. The molecule has 0 aliphatic heterocycles. The van der Waals surface area contributed by atoms with E-state index in [-0.39, 0.29) is 5.78 Å². The Hall–Kier alpha value is -2.03. The number of rotatable bonds is 2. The zero-order valence-corrected chi connectivity index (χ0v) is 8.99. The lowest BCUT2D eigenvalue weighted by atomic mass is 10.0. The molecular formula is C15H12O. The highest BCUT2D eigenvalue weighted by Crippen LogP contribution is 2.27. The fourth-order valence-electron chi connectivity index (χ4n) is 1.38. The average molecular weight is 208 g/mol. The Bertz CT molecular complexity index is 518. The minimum atomic E-state index is -0.0873. The molecule has 1 fully saturated rings. The monoisotopic (exact) mass is 208 g/mol. The molecule has 1 aliphatic carbocycles. The summed E-state index contributed by atoms with van der Waals surface area (Å²) in [5, 5.41) is 0. The Morgan fingerprint density at radius 1 is 1.38 bits per heavy atom. The van der Waals surface area contributed by atoms with Crippen LogP contribution in [0.1, 0.15) is 28.8 Å². The molecule has 78 valence electrons. The SMILES string of the molecule is C=C=CC(=O)c1ccccc1C#CC1CC1. The van der Waals surface area contributed by atoms with Crippen molar-refractivity contribution in [1.82, 2.24) is 0 Å². The highest BCUT2D eigenvalue weighted by Gasteiger charge is 2.18. The first-order valence-corrected chi connectivity index (χ1v) is 5.32. The van der Waals surface area contributed by atoms with Gasteiger partial charge in [0.25, 0.3) is 0 Å². The quantitative estimate of drug-likeness (QED) is 0.316. The first-order chi connectivity index (χ1) is 7.81. The minimum Gasteiger partial charge on any atom is -0.289 e. The van der Waals surface area contributed by atoms with Crippen LogP contribution in [0.15, 0.2) is 42.7 Å². The maximum Gasteiger partial charge on any atom is 0.194 e. The molecular weight excluding hydrogens is 196 g/mol. The Labute approximate surface area is 95.5 Å². The standard InChI is InChI=1S/C15H12O/c1-2-5-15(16)14-7-4-3-6-13(14)11-10-12-8-9-12/h3-7,12H,1,8-9H2. The predicted molar refractivity (Wildman–Crippen MR) is 64.1 cm³/mol. The lowest BCUT2D eigenvalue weighted by Crippen LogP contribution is -1.97. The van der Waals surface area contributed by atoms with E-state index in [1.165, 1.54) is 18.9 Å². The molecule has 2 rings (SSSR count). The molecule has 1 aliphatic rings. The van der Waals surface area contributed by atoms with Crippen LogP contribution in [0.3, 0.4) is 0 Å². The molecule has 1 heteroatoms. The van der Waals surface area contributed by atoms with Gasteiger partial charge in [0.1, 0.15) is 0 Å². The Morgan fingerprint density at radius 3 is 2.81 bits per heavy atom. The second-order valence-electron chi connectivity index (χ2n) is 3.80. The van der Waals surface area contributed by atoms with E-state index in [4.69, 9.17) is 0 Å². The van der Waals surface area contributed by atoms with Gasteiger partial charge in [-0.3, -0.25) is 4.79 Å². The summed E-state index contributed by atoms with van der Waals surface area (Å²) in [5.74, 6) is 6.69. The van der Waals surface area contributed by atoms with Crippen LogP contribution in [0.5, 0.6) is 0 Å². The third-order valence-electron chi connectivity index (χ3n) is 2.41. The van der Waals surface area contributed by atoms with Gasteiger partial charge in [-0.05, 0) is 25.0 Å². The topological polar surface area (TPSA) is 17.1 Å². The number of hydrogen-bond acceptors (Lipinski definition) is 1. The molecule has 0 N–H and O–H groups in total. The van der Waals surface area contributed by atoms with E-state index in [2.05, 4.69) is 24.2 Å². The van der Waals surface area contributed by atoms with Crippen LogP contribution in [-0.2, 0) is 0 Å². The summed E-state index contributed by atoms with van der Waals surface area (Å²) in [7, 11) is 0. The molecule has 1 nitrogen and oxygen atoms in total. The van der Waals surface area contributed by atoms with Crippen LogP contribution in [0.2, 0.25) is 0 Å². The summed E-state index contributed by atoms with van der Waals surface area (Å²) in [5.41, 5.74) is 3.93. The van der Waals surface area contributed by atoms with Gasteiger partial charge in [-0.25, -0.2) is 0 Å². The first-order valence-electron chi connectivity index (χ1n) is 5.32. The van der Waals surface area contributed by atoms with Gasteiger partial charge >= 0.3 is 0 Å². The van der Waals surface area contributed by atoms with E-state index in [1.807, 2.05) is 18.2 Å². The van der Waals surface area contributed by atoms with E-state index in [1.54, 1.807) is 6.07 Å². The molecule has 16 heavy (non-hydrogen) atoms. The second kappa shape index (κ2) is 4.66. The van der Waals surface area contributed by atoms with Crippen molar-refractivity contribution in [3.63, 3.8) is 0 Å². The lowest BCUT2D eigenvalue weighted by molar-refractivity contribution is 0.104. The van der Waals surface area contributed by atoms with Crippen LogP contribution in [-0.4, -0.2) is 5.78 Å². The van der Waals surface area contributed by atoms with Crippen LogP contribution in [0.4, 0.5) is 0 Å². The Kier molecular flexibility index (Phi) is 3.05. The minimum absolute atomic E-state index is 0.0873.